The van der Waals surface area contributed by atoms with Crippen molar-refractivity contribution in [2.75, 3.05) is 26.7 Å². The van der Waals surface area contributed by atoms with Gasteiger partial charge in [-0.25, -0.2) is 4.39 Å². The predicted molar refractivity (Wildman–Crippen MR) is 95.5 cm³/mol. The van der Waals surface area contributed by atoms with Crippen molar-refractivity contribution in [1.29, 1.82) is 0 Å². The Balaban J connectivity index is 1.49. The quantitative estimate of drug-likeness (QED) is 0.822. The largest absolute Gasteiger partial charge is 0.299 e. The minimum atomic E-state index is -0.343. The Morgan fingerprint density at radius 1 is 1.08 bits per heavy atom. The molecule has 24 heavy (non-hydrogen) atoms. The van der Waals surface area contributed by atoms with Gasteiger partial charge in [-0.1, -0.05) is 48.0 Å². The maximum absolute atomic E-state index is 13.3. The smallest absolute Gasteiger partial charge is 0.141 e. The summed E-state index contributed by atoms with van der Waals surface area (Å²) in [4.78, 5) is 4.98. The highest BCUT2D eigenvalue weighted by atomic mass is 35.5. The molecule has 4 heteroatoms. The molecule has 2 nitrogen and oxygen atoms in total. The summed E-state index contributed by atoms with van der Waals surface area (Å²) in [6.07, 6.45) is 0. The van der Waals surface area contributed by atoms with Gasteiger partial charge >= 0.3 is 0 Å². The van der Waals surface area contributed by atoms with Gasteiger partial charge in [0.1, 0.15) is 5.82 Å². The van der Waals surface area contributed by atoms with E-state index >= 15 is 0 Å². The summed E-state index contributed by atoms with van der Waals surface area (Å²) in [5.41, 5.74) is 2.50. The van der Waals surface area contributed by atoms with E-state index in [2.05, 4.69) is 47.2 Å². The van der Waals surface area contributed by atoms with Crippen molar-refractivity contribution in [2.45, 2.75) is 12.6 Å². The summed E-state index contributed by atoms with van der Waals surface area (Å²) in [5.74, 6) is 1.02. The van der Waals surface area contributed by atoms with E-state index in [0.717, 1.165) is 31.7 Å². The van der Waals surface area contributed by atoms with Gasteiger partial charge in [0, 0.05) is 32.2 Å². The lowest BCUT2D eigenvalue weighted by Crippen LogP contribution is -2.28. The molecule has 2 aromatic rings. The first-order valence-corrected chi connectivity index (χ1v) is 8.91. The monoisotopic (exact) mass is 344 g/mol. The van der Waals surface area contributed by atoms with Gasteiger partial charge in [0.25, 0.3) is 0 Å². The molecule has 2 heterocycles. The van der Waals surface area contributed by atoms with Crippen LogP contribution in [0.5, 0.6) is 0 Å². The van der Waals surface area contributed by atoms with Crippen LogP contribution in [0, 0.1) is 17.7 Å². The number of halogens is 2. The van der Waals surface area contributed by atoms with Crippen LogP contribution in [0.3, 0.4) is 0 Å². The molecule has 0 aliphatic carbocycles. The molecule has 0 amide bonds. The Hall–Kier alpha value is -1.42. The van der Waals surface area contributed by atoms with E-state index in [1.54, 1.807) is 6.07 Å². The number of fused-ring (bicyclic) bond motifs is 1. The van der Waals surface area contributed by atoms with E-state index in [9.17, 15) is 4.39 Å². The van der Waals surface area contributed by atoms with Crippen molar-refractivity contribution in [3.63, 3.8) is 0 Å². The van der Waals surface area contributed by atoms with Gasteiger partial charge in [-0.3, -0.25) is 9.80 Å². The van der Waals surface area contributed by atoms with Crippen LogP contribution in [-0.4, -0.2) is 36.5 Å². The second-order valence-electron chi connectivity index (χ2n) is 7.16. The zero-order valence-corrected chi connectivity index (χ0v) is 14.6. The molecular formula is C20H22ClFN2. The van der Waals surface area contributed by atoms with Crippen LogP contribution in [0.4, 0.5) is 4.39 Å². The van der Waals surface area contributed by atoms with Gasteiger partial charge < -0.3 is 0 Å². The molecule has 2 aromatic carbocycles. The number of benzene rings is 2. The zero-order chi connectivity index (χ0) is 16.7. The van der Waals surface area contributed by atoms with Crippen LogP contribution in [0.1, 0.15) is 17.2 Å². The summed E-state index contributed by atoms with van der Waals surface area (Å²) in [7, 11) is 2.24. The first-order valence-electron chi connectivity index (χ1n) is 8.53. The van der Waals surface area contributed by atoms with Crippen LogP contribution < -0.4 is 0 Å². The molecule has 2 saturated heterocycles. The van der Waals surface area contributed by atoms with Crippen molar-refractivity contribution in [1.82, 2.24) is 9.80 Å². The normalized spacial score (nSPS) is 27.5. The third-order valence-corrected chi connectivity index (χ3v) is 5.79. The van der Waals surface area contributed by atoms with Crippen LogP contribution in [-0.2, 0) is 6.54 Å². The summed E-state index contributed by atoms with van der Waals surface area (Å²) in [6, 6.07) is 16.4. The number of hydrogen-bond acceptors (Lipinski definition) is 2. The van der Waals surface area contributed by atoms with Gasteiger partial charge in [-0.2, -0.15) is 0 Å². The van der Waals surface area contributed by atoms with Crippen molar-refractivity contribution in [3.8, 4) is 0 Å². The van der Waals surface area contributed by atoms with Crippen LogP contribution in [0.15, 0.2) is 48.5 Å². The predicted octanol–water partition coefficient (Wildman–Crippen LogP) is 4.21. The Kier molecular flexibility index (Phi) is 4.33. The fraction of sp³-hybridized carbons (Fsp3) is 0.400. The Morgan fingerprint density at radius 3 is 2.62 bits per heavy atom. The lowest BCUT2D eigenvalue weighted by molar-refractivity contribution is 0.224. The third-order valence-electron chi connectivity index (χ3n) is 5.50. The van der Waals surface area contributed by atoms with Crippen LogP contribution in [0.25, 0.3) is 0 Å². The fourth-order valence-corrected chi connectivity index (χ4v) is 4.73. The lowest BCUT2D eigenvalue weighted by atomic mass is 9.90. The van der Waals surface area contributed by atoms with Gasteiger partial charge in [-0.15, -0.1) is 0 Å². The SMILES string of the molecule is CN1C[C@H]2CN(Cc3ccc(F)c(Cl)c3)C[C@H]2[C@@H]1c1ccccc1. The topological polar surface area (TPSA) is 6.48 Å². The number of hydrogen-bond donors (Lipinski definition) is 0. The molecule has 0 radical (unpaired) electrons. The highest BCUT2D eigenvalue weighted by Gasteiger charge is 2.45. The molecule has 0 saturated carbocycles. The molecule has 2 aliphatic rings. The van der Waals surface area contributed by atoms with Crippen molar-refractivity contribution in [2.24, 2.45) is 11.8 Å². The van der Waals surface area contributed by atoms with Gasteiger partial charge in [-0.05, 0) is 42.1 Å². The van der Waals surface area contributed by atoms with Gasteiger partial charge in [0.05, 0.1) is 5.02 Å². The summed E-state index contributed by atoms with van der Waals surface area (Å²) < 4.78 is 13.3. The molecule has 0 aromatic heterocycles. The Morgan fingerprint density at radius 2 is 1.88 bits per heavy atom. The maximum atomic E-state index is 13.3. The highest BCUT2D eigenvalue weighted by molar-refractivity contribution is 6.30. The molecule has 2 aliphatic heterocycles. The molecule has 0 unspecified atom stereocenters. The first kappa shape index (κ1) is 16.1. The third kappa shape index (κ3) is 2.97. The van der Waals surface area contributed by atoms with E-state index in [1.807, 2.05) is 6.07 Å². The Bertz CT molecular complexity index is 721. The molecule has 0 bridgehead atoms. The second kappa shape index (κ2) is 6.47. The molecule has 3 atom stereocenters. The van der Waals surface area contributed by atoms with Gasteiger partial charge in [0.2, 0.25) is 0 Å². The average molecular weight is 345 g/mol. The summed E-state index contributed by atoms with van der Waals surface area (Å²) in [5, 5.41) is 0.216. The van der Waals surface area contributed by atoms with E-state index in [0.29, 0.717) is 17.9 Å². The molecule has 126 valence electrons. The lowest BCUT2D eigenvalue weighted by Gasteiger charge is -2.27. The zero-order valence-electron chi connectivity index (χ0n) is 13.8. The molecular weight excluding hydrogens is 323 g/mol. The second-order valence-corrected chi connectivity index (χ2v) is 7.57. The molecule has 0 spiro atoms. The highest BCUT2D eigenvalue weighted by Crippen LogP contribution is 2.44. The number of likely N-dealkylation sites (tertiary alicyclic amines) is 2. The van der Waals surface area contributed by atoms with Gasteiger partial charge in [0.15, 0.2) is 0 Å². The van der Waals surface area contributed by atoms with Crippen molar-refractivity contribution >= 4 is 11.6 Å². The number of nitrogens with zero attached hydrogens (tertiary/aromatic N) is 2. The Labute approximate surface area is 147 Å². The minimum absolute atomic E-state index is 0.216. The van der Waals surface area contributed by atoms with E-state index in [-0.39, 0.29) is 10.8 Å². The molecule has 2 fully saturated rings. The molecule has 0 N–H and O–H groups in total. The summed E-state index contributed by atoms with van der Waals surface area (Å²) >= 11 is 5.92. The minimum Gasteiger partial charge on any atom is -0.299 e. The van der Waals surface area contributed by atoms with Crippen LogP contribution in [0.2, 0.25) is 5.02 Å². The standard InChI is InChI=1S/C20H22ClFN2/c1-23-11-16-12-24(10-14-7-8-19(22)18(21)9-14)13-17(16)20(23)15-5-3-2-4-6-15/h2-9,16-17,20H,10-13H2,1H3/t16-,17+,20-/m0/s1. The van der Waals surface area contributed by atoms with Crippen LogP contribution >= 0.6 is 11.6 Å². The van der Waals surface area contributed by atoms with E-state index in [1.165, 1.54) is 11.6 Å². The average Bonchev–Trinajstić information content (AvgIpc) is 3.07. The molecule has 4 rings (SSSR count). The fourth-order valence-electron chi connectivity index (χ4n) is 4.53. The maximum Gasteiger partial charge on any atom is 0.141 e. The summed E-state index contributed by atoms with van der Waals surface area (Å²) in [6.45, 7) is 4.18. The first-order chi connectivity index (χ1) is 11.6. The van der Waals surface area contributed by atoms with E-state index < -0.39 is 0 Å². The number of rotatable bonds is 3. The van der Waals surface area contributed by atoms with E-state index in [4.69, 9.17) is 11.6 Å². The van der Waals surface area contributed by atoms with Crippen molar-refractivity contribution < 1.29 is 4.39 Å². The van der Waals surface area contributed by atoms with Crippen molar-refractivity contribution in [3.05, 3.63) is 70.5 Å².